The molecule has 0 saturated carbocycles. The minimum absolute atomic E-state index is 0.419. The summed E-state index contributed by atoms with van der Waals surface area (Å²) < 4.78 is 0. The van der Waals surface area contributed by atoms with Crippen molar-refractivity contribution >= 4 is 11.3 Å². The van der Waals surface area contributed by atoms with E-state index >= 15 is 0 Å². The van der Waals surface area contributed by atoms with Gasteiger partial charge in [0.1, 0.15) is 0 Å². The average Bonchev–Trinajstić information content (AvgIpc) is 2.50. The van der Waals surface area contributed by atoms with Gasteiger partial charge in [0.2, 0.25) is 0 Å². The largest absolute Gasteiger partial charge is 0.319 e. The van der Waals surface area contributed by atoms with E-state index in [9.17, 15) is 0 Å². The maximum absolute atomic E-state index is 4.48. The van der Waals surface area contributed by atoms with Crippen LogP contribution in [0.1, 0.15) is 36.8 Å². The molecule has 3 heteroatoms. The molecule has 78 valence electrons. The summed E-state index contributed by atoms with van der Waals surface area (Å²) in [7, 11) is 2.03. The third kappa shape index (κ3) is 1.84. The van der Waals surface area contributed by atoms with Gasteiger partial charge in [-0.1, -0.05) is 13.8 Å². The fourth-order valence-corrected chi connectivity index (χ4v) is 3.35. The monoisotopic (exact) mass is 210 g/mol. The van der Waals surface area contributed by atoms with Gasteiger partial charge >= 0.3 is 0 Å². The fraction of sp³-hybridized carbons (Fsp3) is 0.727. The van der Waals surface area contributed by atoms with Gasteiger partial charge in [-0.3, -0.25) is 0 Å². The number of hydrogen-bond acceptors (Lipinski definition) is 3. The van der Waals surface area contributed by atoms with Gasteiger partial charge in [-0.2, -0.15) is 0 Å². The van der Waals surface area contributed by atoms with E-state index in [1.165, 1.54) is 17.0 Å². The third-order valence-electron chi connectivity index (χ3n) is 2.94. The third-order valence-corrected chi connectivity index (χ3v) is 3.97. The van der Waals surface area contributed by atoms with Gasteiger partial charge in [-0.15, -0.1) is 11.3 Å². The smallest absolute Gasteiger partial charge is 0.0797 e. The maximum Gasteiger partial charge on any atom is 0.0797 e. The lowest BCUT2D eigenvalue weighted by atomic mass is 9.73. The van der Waals surface area contributed by atoms with Gasteiger partial charge in [-0.25, -0.2) is 4.98 Å². The first kappa shape index (κ1) is 10.1. The molecule has 1 unspecified atom stereocenters. The van der Waals surface area contributed by atoms with E-state index in [0.717, 1.165) is 13.0 Å². The molecule has 1 aromatic rings. The zero-order valence-corrected chi connectivity index (χ0v) is 9.95. The first-order valence-electron chi connectivity index (χ1n) is 5.19. The summed E-state index contributed by atoms with van der Waals surface area (Å²) in [6.45, 7) is 5.77. The van der Waals surface area contributed by atoms with E-state index in [0.29, 0.717) is 11.3 Å². The summed E-state index contributed by atoms with van der Waals surface area (Å²) in [6.07, 6.45) is 2.43. The zero-order valence-electron chi connectivity index (χ0n) is 9.13. The molecule has 2 nitrogen and oxygen atoms in total. The van der Waals surface area contributed by atoms with Crippen LogP contribution in [0, 0.1) is 5.41 Å². The fourth-order valence-electron chi connectivity index (χ4n) is 2.44. The Morgan fingerprint density at radius 3 is 3.14 bits per heavy atom. The zero-order chi connectivity index (χ0) is 10.2. The van der Waals surface area contributed by atoms with Crippen molar-refractivity contribution in [3.63, 3.8) is 0 Å². The predicted molar refractivity (Wildman–Crippen MR) is 60.9 cm³/mol. The van der Waals surface area contributed by atoms with E-state index in [4.69, 9.17) is 0 Å². The van der Waals surface area contributed by atoms with Crippen LogP contribution in [0.15, 0.2) is 5.51 Å². The highest BCUT2D eigenvalue weighted by molar-refractivity contribution is 7.09. The molecule has 0 saturated heterocycles. The minimum atomic E-state index is 0.419. The number of fused-ring (bicyclic) bond motifs is 1. The van der Waals surface area contributed by atoms with Crippen LogP contribution in [0.4, 0.5) is 0 Å². The highest BCUT2D eigenvalue weighted by Gasteiger charge is 2.33. The highest BCUT2D eigenvalue weighted by atomic mass is 32.1. The molecule has 2 rings (SSSR count). The quantitative estimate of drug-likeness (QED) is 0.811. The predicted octanol–water partition coefficient (Wildman–Crippen LogP) is 2.42. The van der Waals surface area contributed by atoms with E-state index in [1.807, 2.05) is 23.9 Å². The Bertz CT molecular complexity index is 317. The second-order valence-corrected chi connectivity index (χ2v) is 5.85. The molecule has 0 amide bonds. The lowest BCUT2D eigenvalue weighted by Gasteiger charge is -2.34. The van der Waals surface area contributed by atoms with Crippen LogP contribution in [-0.4, -0.2) is 18.6 Å². The number of nitrogens with one attached hydrogen (secondary N) is 1. The molecule has 1 N–H and O–H groups in total. The lowest BCUT2D eigenvalue weighted by molar-refractivity contribution is 0.277. The molecule has 1 aliphatic rings. The molecule has 0 radical (unpaired) electrons. The van der Waals surface area contributed by atoms with Crippen LogP contribution >= 0.6 is 11.3 Å². The highest BCUT2D eigenvalue weighted by Crippen LogP contribution is 2.42. The van der Waals surface area contributed by atoms with Crippen molar-refractivity contribution < 1.29 is 0 Å². The molecule has 1 atom stereocenters. The Morgan fingerprint density at radius 1 is 1.64 bits per heavy atom. The molecule has 1 aromatic heterocycles. The van der Waals surface area contributed by atoms with Crippen LogP contribution in [0.2, 0.25) is 0 Å². The van der Waals surface area contributed by atoms with Crippen LogP contribution in [-0.2, 0) is 6.42 Å². The molecule has 0 fully saturated rings. The second-order valence-electron chi connectivity index (χ2n) is 4.96. The van der Waals surface area contributed by atoms with Crippen LogP contribution in [0.3, 0.4) is 0 Å². The molecule has 0 bridgehead atoms. The number of hydrogen-bond donors (Lipinski definition) is 1. The van der Waals surface area contributed by atoms with Gasteiger partial charge in [-0.05, 0) is 25.3 Å². The van der Waals surface area contributed by atoms with E-state index in [-0.39, 0.29) is 0 Å². The second kappa shape index (κ2) is 3.63. The number of aromatic nitrogens is 1. The van der Waals surface area contributed by atoms with Crippen LogP contribution in [0.5, 0.6) is 0 Å². The summed E-state index contributed by atoms with van der Waals surface area (Å²) in [6, 6.07) is 0. The van der Waals surface area contributed by atoms with Gasteiger partial charge in [0.25, 0.3) is 0 Å². The Kier molecular flexibility index (Phi) is 2.62. The van der Waals surface area contributed by atoms with Crippen molar-refractivity contribution in [2.75, 3.05) is 13.6 Å². The number of likely N-dealkylation sites (N-methyl/N-ethyl adjacent to an activating group) is 1. The normalized spacial score (nSPS) is 24.6. The van der Waals surface area contributed by atoms with Gasteiger partial charge in [0.15, 0.2) is 0 Å². The van der Waals surface area contributed by atoms with E-state index < -0.39 is 0 Å². The number of thiazole rings is 1. The van der Waals surface area contributed by atoms with Crippen molar-refractivity contribution in [2.24, 2.45) is 5.41 Å². The molecule has 1 aliphatic carbocycles. The average molecular weight is 210 g/mol. The molecule has 14 heavy (non-hydrogen) atoms. The molecular weight excluding hydrogens is 192 g/mol. The van der Waals surface area contributed by atoms with Crippen molar-refractivity contribution in [3.05, 3.63) is 16.1 Å². The van der Waals surface area contributed by atoms with E-state index in [1.54, 1.807) is 0 Å². The molecular formula is C11H18N2S. The number of rotatable bonds is 2. The van der Waals surface area contributed by atoms with Gasteiger partial charge < -0.3 is 5.32 Å². The Morgan fingerprint density at radius 2 is 2.43 bits per heavy atom. The molecule has 0 aliphatic heterocycles. The molecule has 0 aromatic carbocycles. The summed E-state index contributed by atoms with van der Waals surface area (Å²) >= 11 is 1.82. The summed E-state index contributed by atoms with van der Waals surface area (Å²) in [5.41, 5.74) is 3.75. The standard InChI is InChI=1S/C11H18N2S/c1-11(2)4-8(6-12-3)10-9(5-11)13-7-14-10/h7-8,12H,4-6H2,1-3H3. The van der Waals surface area contributed by atoms with Crippen molar-refractivity contribution in [1.29, 1.82) is 0 Å². The van der Waals surface area contributed by atoms with Crippen LogP contribution in [0.25, 0.3) is 0 Å². The summed E-state index contributed by atoms with van der Waals surface area (Å²) in [4.78, 5) is 5.99. The Hall–Kier alpha value is -0.410. The van der Waals surface area contributed by atoms with E-state index in [2.05, 4.69) is 24.1 Å². The van der Waals surface area contributed by atoms with Gasteiger partial charge in [0, 0.05) is 17.3 Å². The first-order valence-corrected chi connectivity index (χ1v) is 6.07. The maximum atomic E-state index is 4.48. The first-order chi connectivity index (χ1) is 6.62. The lowest BCUT2D eigenvalue weighted by Crippen LogP contribution is -2.29. The Balaban J connectivity index is 2.28. The van der Waals surface area contributed by atoms with Crippen molar-refractivity contribution in [1.82, 2.24) is 10.3 Å². The molecule has 1 heterocycles. The SMILES string of the molecule is CNCC1CC(C)(C)Cc2ncsc21. The number of nitrogens with zero attached hydrogens (tertiary/aromatic N) is 1. The van der Waals surface area contributed by atoms with Crippen molar-refractivity contribution in [3.8, 4) is 0 Å². The summed E-state index contributed by atoms with van der Waals surface area (Å²) in [5.74, 6) is 0.672. The topological polar surface area (TPSA) is 24.9 Å². The van der Waals surface area contributed by atoms with Gasteiger partial charge in [0.05, 0.1) is 11.2 Å². The molecule has 0 spiro atoms. The van der Waals surface area contributed by atoms with Crippen LogP contribution < -0.4 is 5.32 Å². The van der Waals surface area contributed by atoms with Crippen molar-refractivity contribution in [2.45, 2.75) is 32.6 Å². The minimum Gasteiger partial charge on any atom is -0.319 e. The summed E-state index contributed by atoms with van der Waals surface area (Å²) in [5, 5.41) is 3.28. The Labute approximate surface area is 89.8 Å².